The number of rotatable bonds is 65. The number of esters is 1. The maximum atomic E-state index is 12.5. The molecule has 0 radical (unpaired) electrons. The molecule has 0 fully saturated rings. The van der Waals surface area contributed by atoms with E-state index in [1.54, 1.807) is 6.08 Å². The number of hydrogen-bond donors (Lipinski definition) is 3. The van der Waals surface area contributed by atoms with Crippen molar-refractivity contribution in [3.05, 3.63) is 36.5 Å². The Morgan fingerprint density at radius 1 is 0.351 bits per heavy atom. The highest BCUT2D eigenvalue weighted by molar-refractivity contribution is 5.76. The van der Waals surface area contributed by atoms with Gasteiger partial charge < -0.3 is 20.3 Å². The maximum Gasteiger partial charge on any atom is 0.305 e. The average molecular weight is 1080 g/mol. The van der Waals surface area contributed by atoms with Crippen LogP contribution in [0, 0.1) is 0 Å². The minimum Gasteiger partial charge on any atom is -0.466 e. The maximum absolute atomic E-state index is 12.5. The van der Waals surface area contributed by atoms with Crippen LogP contribution < -0.4 is 5.32 Å². The molecule has 6 heteroatoms. The fourth-order valence-electron chi connectivity index (χ4n) is 10.8. The first-order chi connectivity index (χ1) is 38.0. The SMILES string of the molecule is CCCCCCCC/C=C\CCCCCCCC(=O)OCCCCCCCCCCCCCC/C=C\CCCCCCCCCCCCCCCCCCC(=O)NC(CO)C(O)/C=C/CCCCCCCCCCCCC. The fourth-order valence-corrected chi connectivity index (χ4v) is 10.8. The Bertz CT molecular complexity index is 1250. The zero-order valence-electron chi connectivity index (χ0n) is 52.0. The van der Waals surface area contributed by atoms with E-state index in [1.807, 2.05) is 6.08 Å². The van der Waals surface area contributed by atoms with Crippen LogP contribution in [0.3, 0.4) is 0 Å². The zero-order valence-corrected chi connectivity index (χ0v) is 52.0. The summed E-state index contributed by atoms with van der Waals surface area (Å²) < 4.78 is 5.49. The first-order valence-electron chi connectivity index (χ1n) is 34.8. The molecule has 2 atom stereocenters. The number of aliphatic hydroxyl groups is 2. The highest BCUT2D eigenvalue weighted by Crippen LogP contribution is 2.18. The number of allylic oxidation sites excluding steroid dienone is 5. The molecule has 0 spiro atoms. The molecule has 0 bridgehead atoms. The van der Waals surface area contributed by atoms with Crippen molar-refractivity contribution in [2.45, 2.75) is 392 Å². The lowest BCUT2D eigenvalue weighted by Gasteiger charge is -2.20. The van der Waals surface area contributed by atoms with Gasteiger partial charge in [0.25, 0.3) is 0 Å². The van der Waals surface area contributed by atoms with Crippen LogP contribution in [0.15, 0.2) is 36.5 Å². The van der Waals surface area contributed by atoms with Crippen LogP contribution in [-0.4, -0.2) is 47.4 Å². The molecule has 0 heterocycles. The van der Waals surface area contributed by atoms with Crippen LogP contribution in [0.4, 0.5) is 0 Å². The number of aliphatic hydroxyl groups excluding tert-OH is 2. The molecule has 0 aliphatic rings. The second-order valence-corrected chi connectivity index (χ2v) is 23.9. The summed E-state index contributed by atoms with van der Waals surface area (Å²) >= 11 is 0. The van der Waals surface area contributed by atoms with Gasteiger partial charge in [-0.1, -0.05) is 320 Å². The zero-order chi connectivity index (χ0) is 55.7. The molecule has 2 unspecified atom stereocenters. The third-order valence-corrected chi connectivity index (χ3v) is 16.1. The molecular weight excluding hydrogens is 947 g/mol. The van der Waals surface area contributed by atoms with Crippen molar-refractivity contribution in [3.63, 3.8) is 0 Å². The van der Waals surface area contributed by atoms with Gasteiger partial charge in [-0.15, -0.1) is 0 Å². The predicted molar refractivity (Wildman–Crippen MR) is 338 cm³/mol. The Morgan fingerprint density at radius 3 is 0.922 bits per heavy atom. The lowest BCUT2D eigenvalue weighted by atomic mass is 10.0. The monoisotopic (exact) mass is 1080 g/mol. The number of unbranched alkanes of at least 4 members (excludes halogenated alkanes) is 50. The summed E-state index contributed by atoms with van der Waals surface area (Å²) in [6.07, 6.45) is 85.1. The Morgan fingerprint density at radius 2 is 0.610 bits per heavy atom. The van der Waals surface area contributed by atoms with Crippen molar-refractivity contribution in [3.8, 4) is 0 Å². The van der Waals surface area contributed by atoms with E-state index in [9.17, 15) is 19.8 Å². The van der Waals surface area contributed by atoms with E-state index in [1.165, 1.54) is 308 Å². The van der Waals surface area contributed by atoms with Gasteiger partial charge >= 0.3 is 5.97 Å². The van der Waals surface area contributed by atoms with Gasteiger partial charge in [0.15, 0.2) is 0 Å². The van der Waals surface area contributed by atoms with Crippen LogP contribution in [-0.2, 0) is 14.3 Å². The molecule has 0 rings (SSSR count). The van der Waals surface area contributed by atoms with Crippen molar-refractivity contribution in [1.82, 2.24) is 5.32 Å². The third kappa shape index (κ3) is 63.1. The summed E-state index contributed by atoms with van der Waals surface area (Å²) in [5, 5.41) is 23.1. The van der Waals surface area contributed by atoms with E-state index in [0.29, 0.717) is 19.4 Å². The lowest BCUT2D eigenvalue weighted by Crippen LogP contribution is -2.45. The van der Waals surface area contributed by atoms with Crippen LogP contribution in [0.1, 0.15) is 380 Å². The summed E-state index contributed by atoms with van der Waals surface area (Å²) in [7, 11) is 0. The summed E-state index contributed by atoms with van der Waals surface area (Å²) in [5.41, 5.74) is 0. The van der Waals surface area contributed by atoms with E-state index < -0.39 is 12.1 Å². The van der Waals surface area contributed by atoms with Crippen LogP contribution in [0.25, 0.3) is 0 Å². The molecule has 0 aliphatic carbocycles. The van der Waals surface area contributed by atoms with Gasteiger partial charge in [0.2, 0.25) is 5.91 Å². The van der Waals surface area contributed by atoms with Crippen molar-refractivity contribution in [2.75, 3.05) is 13.2 Å². The van der Waals surface area contributed by atoms with Crippen LogP contribution in [0.2, 0.25) is 0 Å². The molecular formula is C71H135NO5. The van der Waals surface area contributed by atoms with E-state index >= 15 is 0 Å². The smallest absolute Gasteiger partial charge is 0.305 e. The van der Waals surface area contributed by atoms with Gasteiger partial charge in [0, 0.05) is 12.8 Å². The van der Waals surface area contributed by atoms with Crippen molar-refractivity contribution in [2.24, 2.45) is 0 Å². The Hall–Kier alpha value is -1.92. The van der Waals surface area contributed by atoms with Gasteiger partial charge in [-0.05, 0) is 83.5 Å². The quantitative estimate of drug-likeness (QED) is 0.0320. The van der Waals surface area contributed by atoms with E-state index in [4.69, 9.17) is 4.74 Å². The molecule has 0 aliphatic heterocycles. The number of amides is 1. The highest BCUT2D eigenvalue weighted by atomic mass is 16.5. The normalized spacial score (nSPS) is 12.7. The molecule has 1 amide bonds. The third-order valence-electron chi connectivity index (χ3n) is 16.1. The number of ether oxygens (including phenoxy) is 1. The largest absolute Gasteiger partial charge is 0.466 e. The molecule has 77 heavy (non-hydrogen) atoms. The first-order valence-corrected chi connectivity index (χ1v) is 34.8. The Labute approximate surface area is 481 Å². The second kappa shape index (κ2) is 66.6. The fraction of sp³-hybridized carbons (Fsp3) is 0.887. The summed E-state index contributed by atoms with van der Waals surface area (Å²) in [5.74, 6) is -0.0541. The molecule has 3 N–H and O–H groups in total. The first kappa shape index (κ1) is 75.1. The number of hydrogen-bond acceptors (Lipinski definition) is 5. The molecule has 0 saturated carbocycles. The summed E-state index contributed by atoms with van der Waals surface area (Å²) in [4.78, 5) is 24.5. The van der Waals surface area contributed by atoms with Gasteiger partial charge in [-0.3, -0.25) is 9.59 Å². The minimum absolute atomic E-state index is 0.0102. The summed E-state index contributed by atoms with van der Waals surface area (Å²) in [6.45, 7) is 4.91. The number of nitrogens with one attached hydrogen (secondary N) is 1. The Kier molecular flexibility index (Phi) is 64.9. The molecule has 0 aromatic rings. The van der Waals surface area contributed by atoms with Crippen molar-refractivity contribution in [1.29, 1.82) is 0 Å². The van der Waals surface area contributed by atoms with E-state index in [2.05, 4.69) is 43.5 Å². The van der Waals surface area contributed by atoms with Crippen LogP contribution in [0.5, 0.6) is 0 Å². The van der Waals surface area contributed by atoms with Gasteiger partial charge in [0.05, 0.1) is 25.4 Å². The molecule has 0 aromatic carbocycles. The van der Waals surface area contributed by atoms with Crippen molar-refractivity contribution < 1.29 is 24.5 Å². The van der Waals surface area contributed by atoms with E-state index in [0.717, 1.165) is 44.9 Å². The van der Waals surface area contributed by atoms with E-state index in [-0.39, 0.29) is 18.5 Å². The molecule has 0 saturated heterocycles. The molecule has 0 aromatic heterocycles. The summed E-state index contributed by atoms with van der Waals surface area (Å²) in [6, 6.07) is -0.625. The van der Waals surface area contributed by atoms with Crippen LogP contribution >= 0.6 is 0 Å². The molecule has 6 nitrogen and oxygen atoms in total. The van der Waals surface area contributed by atoms with Gasteiger partial charge in [-0.25, -0.2) is 0 Å². The average Bonchev–Trinajstić information content (AvgIpc) is 3.43. The number of carbonyl (C=O) groups is 2. The Balaban J connectivity index is 3.36. The highest BCUT2D eigenvalue weighted by Gasteiger charge is 2.18. The minimum atomic E-state index is -0.842. The predicted octanol–water partition coefficient (Wildman–Crippen LogP) is 22.3. The number of carbonyl (C=O) groups excluding carboxylic acids is 2. The van der Waals surface area contributed by atoms with Crippen molar-refractivity contribution >= 4 is 11.9 Å². The topological polar surface area (TPSA) is 95.9 Å². The van der Waals surface area contributed by atoms with Gasteiger partial charge in [0.1, 0.15) is 0 Å². The molecule has 454 valence electrons. The van der Waals surface area contributed by atoms with Gasteiger partial charge in [-0.2, -0.15) is 0 Å². The standard InChI is InChI=1S/C71H135NO5/c1-3-5-7-9-11-13-15-17-36-41-45-49-53-57-61-65-71(76)77-66-62-58-54-50-46-42-38-35-33-31-29-27-25-23-21-19-18-20-22-24-26-28-30-32-34-37-40-44-48-52-56-60-64-70(75)72-68(67-73)69(74)63-59-55-51-47-43-39-16-14-12-10-8-6-4-2/h17,21,23,36,59,63,68-69,73-74H,3-16,18-20,22,24-35,37-58,60-62,64-67H2,1-2H3,(H,72,75)/b23-21-,36-17-,63-59+. The second-order valence-electron chi connectivity index (χ2n) is 23.9. The lowest BCUT2D eigenvalue weighted by molar-refractivity contribution is -0.143.